The molecule has 0 saturated carbocycles. The van der Waals surface area contributed by atoms with Gasteiger partial charge in [-0.2, -0.15) is 0 Å². The maximum atomic E-state index is 2.49. The van der Waals surface area contributed by atoms with Gasteiger partial charge in [-0.05, 0) is 108 Å². The Bertz CT molecular complexity index is 2860. The molecule has 1 heteroatoms. The average molecular weight is 690 g/mol. The summed E-state index contributed by atoms with van der Waals surface area (Å²) in [5, 5.41) is 4.94. The number of nitrogens with zero attached hydrogens (tertiary/aromatic N) is 1. The Morgan fingerprint density at radius 1 is 0.352 bits per heavy atom. The Labute approximate surface area is 317 Å². The number of fused-ring (bicyclic) bond motifs is 5. The summed E-state index contributed by atoms with van der Waals surface area (Å²) in [6.07, 6.45) is 0. The summed E-state index contributed by atoms with van der Waals surface area (Å²) in [6.45, 7) is 4.73. The molecule has 0 heterocycles. The van der Waals surface area contributed by atoms with Gasteiger partial charge in [0.2, 0.25) is 0 Å². The van der Waals surface area contributed by atoms with Crippen molar-refractivity contribution in [3.8, 4) is 44.5 Å². The summed E-state index contributed by atoms with van der Waals surface area (Å²) in [5.74, 6) is 0. The van der Waals surface area contributed by atoms with Crippen LogP contribution >= 0.6 is 0 Å². The molecule has 256 valence electrons. The molecule has 0 saturated heterocycles. The van der Waals surface area contributed by atoms with Gasteiger partial charge in [0.05, 0.1) is 5.69 Å². The van der Waals surface area contributed by atoms with Gasteiger partial charge in [-0.1, -0.05) is 178 Å². The normalized spacial score (nSPS) is 12.8. The maximum Gasteiger partial charge on any atom is 0.0546 e. The monoisotopic (exact) mass is 689 g/mol. The molecule has 0 spiro atoms. The fourth-order valence-corrected chi connectivity index (χ4v) is 8.77. The summed E-state index contributed by atoms with van der Waals surface area (Å²) >= 11 is 0. The third-order valence-corrected chi connectivity index (χ3v) is 11.4. The van der Waals surface area contributed by atoms with E-state index in [1.807, 2.05) is 0 Å². The molecule has 0 atom stereocenters. The largest absolute Gasteiger partial charge is 0.310 e. The van der Waals surface area contributed by atoms with Gasteiger partial charge in [-0.3, -0.25) is 0 Å². The fraction of sp³-hybridized carbons (Fsp3) is 0.0566. The van der Waals surface area contributed by atoms with Gasteiger partial charge in [0.1, 0.15) is 0 Å². The Kier molecular flexibility index (Phi) is 7.56. The average Bonchev–Trinajstić information content (AvgIpc) is 3.46. The van der Waals surface area contributed by atoms with Crippen molar-refractivity contribution in [3.63, 3.8) is 0 Å². The Morgan fingerprint density at radius 3 is 1.87 bits per heavy atom. The van der Waals surface area contributed by atoms with Crippen molar-refractivity contribution in [1.29, 1.82) is 0 Å². The predicted molar refractivity (Wildman–Crippen MR) is 230 cm³/mol. The number of benzene rings is 9. The summed E-state index contributed by atoms with van der Waals surface area (Å²) in [7, 11) is 0. The van der Waals surface area contributed by atoms with E-state index >= 15 is 0 Å². The first-order chi connectivity index (χ1) is 26.5. The first-order valence-corrected chi connectivity index (χ1v) is 18.8. The third kappa shape index (κ3) is 5.24. The van der Waals surface area contributed by atoms with E-state index in [1.54, 1.807) is 0 Å². The molecular formula is C53H39N. The van der Waals surface area contributed by atoms with Crippen LogP contribution in [0.15, 0.2) is 200 Å². The second-order valence-electron chi connectivity index (χ2n) is 14.9. The zero-order valence-corrected chi connectivity index (χ0v) is 30.5. The molecule has 9 aromatic carbocycles. The minimum Gasteiger partial charge on any atom is -0.310 e. The number of anilines is 3. The Balaban J connectivity index is 1.28. The lowest BCUT2D eigenvalue weighted by Gasteiger charge is -2.31. The van der Waals surface area contributed by atoms with Gasteiger partial charge in [0.15, 0.2) is 0 Å². The SMILES string of the molecule is CC1(C)c2ccccc2-c2ccc(N(c3cccc(-c4ccccc4)c3)c3cccc(-c4cccc5ccccc45)c3-c3ccc4ccccc4c3)cc21. The topological polar surface area (TPSA) is 3.24 Å². The molecule has 0 N–H and O–H groups in total. The van der Waals surface area contributed by atoms with Gasteiger partial charge < -0.3 is 4.90 Å². The van der Waals surface area contributed by atoms with Crippen molar-refractivity contribution in [2.24, 2.45) is 0 Å². The molecule has 0 radical (unpaired) electrons. The van der Waals surface area contributed by atoms with Crippen LogP contribution in [0, 0.1) is 0 Å². The number of hydrogen-bond acceptors (Lipinski definition) is 1. The first-order valence-electron chi connectivity index (χ1n) is 18.8. The number of hydrogen-bond donors (Lipinski definition) is 0. The summed E-state index contributed by atoms with van der Waals surface area (Å²) in [6, 6.07) is 73.6. The Hall–Kier alpha value is -6.70. The van der Waals surface area contributed by atoms with E-state index < -0.39 is 0 Å². The molecule has 0 unspecified atom stereocenters. The first kappa shape index (κ1) is 32.0. The van der Waals surface area contributed by atoms with E-state index in [0.717, 1.165) is 17.1 Å². The molecular weight excluding hydrogens is 651 g/mol. The van der Waals surface area contributed by atoms with Crippen LogP contribution in [-0.2, 0) is 5.41 Å². The lowest BCUT2D eigenvalue weighted by Crippen LogP contribution is -2.17. The zero-order chi connectivity index (χ0) is 36.2. The van der Waals surface area contributed by atoms with Crippen molar-refractivity contribution in [2.75, 3.05) is 4.90 Å². The predicted octanol–water partition coefficient (Wildman–Crippen LogP) is 14.8. The van der Waals surface area contributed by atoms with E-state index in [2.05, 4.69) is 219 Å². The van der Waals surface area contributed by atoms with Crippen molar-refractivity contribution in [2.45, 2.75) is 19.3 Å². The third-order valence-electron chi connectivity index (χ3n) is 11.4. The van der Waals surface area contributed by atoms with Gasteiger partial charge in [-0.25, -0.2) is 0 Å². The highest BCUT2D eigenvalue weighted by molar-refractivity contribution is 6.06. The van der Waals surface area contributed by atoms with Gasteiger partial charge in [0.25, 0.3) is 0 Å². The van der Waals surface area contributed by atoms with Crippen LogP contribution in [0.4, 0.5) is 17.1 Å². The van der Waals surface area contributed by atoms with Gasteiger partial charge >= 0.3 is 0 Å². The highest BCUT2D eigenvalue weighted by Gasteiger charge is 2.36. The quantitative estimate of drug-likeness (QED) is 0.168. The standard InChI is InChI=1S/C53H39N/c1-53(2)49-27-11-10-24-46(49)47-32-31-43(35-50(47)53)54(42-22-12-21-40(34-42)36-15-4-3-5-16-36)51-28-14-26-48(45-25-13-20-38-18-8-9-23-44(38)45)52(51)41-30-29-37-17-6-7-19-39(37)33-41/h3-35H,1-2H3. The van der Waals surface area contributed by atoms with E-state index in [-0.39, 0.29) is 5.41 Å². The number of rotatable bonds is 6. The Morgan fingerprint density at radius 2 is 0.981 bits per heavy atom. The summed E-state index contributed by atoms with van der Waals surface area (Å²) in [4.78, 5) is 2.49. The highest BCUT2D eigenvalue weighted by Crippen LogP contribution is 2.52. The summed E-state index contributed by atoms with van der Waals surface area (Å²) in [5.41, 5.74) is 15.8. The molecule has 0 aliphatic heterocycles. The lowest BCUT2D eigenvalue weighted by atomic mass is 9.82. The van der Waals surface area contributed by atoms with Crippen LogP contribution in [-0.4, -0.2) is 0 Å². The minimum atomic E-state index is -0.133. The van der Waals surface area contributed by atoms with Crippen LogP contribution in [0.25, 0.3) is 66.1 Å². The van der Waals surface area contributed by atoms with Gasteiger partial charge in [0, 0.05) is 22.4 Å². The van der Waals surface area contributed by atoms with Crippen molar-refractivity contribution < 1.29 is 0 Å². The van der Waals surface area contributed by atoms with Crippen LogP contribution < -0.4 is 4.90 Å². The second kappa shape index (κ2) is 12.8. The molecule has 9 aromatic rings. The van der Waals surface area contributed by atoms with Crippen molar-refractivity contribution in [1.82, 2.24) is 0 Å². The second-order valence-corrected chi connectivity index (χ2v) is 14.9. The molecule has 54 heavy (non-hydrogen) atoms. The molecule has 0 aromatic heterocycles. The minimum absolute atomic E-state index is 0.133. The molecule has 1 aliphatic carbocycles. The van der Waals surface area contributed by atoms with Crippen LogP contribution in [0.2, 0.25) is 0 Å². The van der Waals surface area contributed by atoms with E-state index in [0.29, 0.717) is 0 Å². The molecule has 0 amide bonds. The van der Waals surface area contributed by atoms with Crippen LogP contribution in [0.1, 0.15) is 25.0 Å². The summed E-state index contributed by atoms with van der Waals surface area (Å²) < 4.78 is 0. The van der Waals surface area contributed by atoms with E-state index in [9.17, 15) is 0 Å². The van der Waals surface area contributed by atoms with E-state index in [1.165, 1.54) is 77.2 Å². The zero-order valence-electron chi connectivity index (χ0n) is 30.5. The van der Waals surface area contributed by atoms with Gasteiger partial charge in [-0.15, -0.1) is 0 Å². The molecule has 1 nitrogen and oxygen atoms in total. The molecule has 0 bridgehead atoms. The van der Waals surface area contributed by atoms with Crippen molar-refractivity contribution in [3.05, 3.63) is 211 Å². The van der Waals surface area contributed by atoms with Crippen molar-refractivity contribution >= 4 is 38.6 Å². The van der Waals surface area contributed by atoms with E-state index in [4.69, 9.17) is 0 Å². The maximum absolute atomic E-state index is 2.49. The molecule has 10 rings (SSSR count). The fourth-order valence-electron chi connectivity index (χ4n) is 8.77. The lowest BCUT2D eigenvalue weighted by molar-refractivity contribution is 0.660. The smallest absolute Gasteiger partial charge is 0.0546 e. The van der Waals surface area contributed by atoms with Crippen LogP contribution in [0.3, 0.4) is 0 Å². The van der Waals surface area contributed by atoms with Crippen LogP contribution in [0.5, 0.6) is 0 Å². The molecule has 1 aliphatic rings. The molecule has 0 fully saturated rings. The highest BCUT2D eigenvalue weighted by atomic mass is 15.1.